The van der Waals surface area contributed by atoms with Crippen LogP contribution in [0.1, 0.15) is 42.8 Å². The van der Waals surface area contributed by atoms with Crippen molar-refractivity contribution in [2.45, 2.75) is 38.2 Å². The molecule has 0 bridgehead atoms. The van der Waals surface area contributed by atoms with E-state index < -0.39 is 43.5 Å². The predicted octanol–water partition coefficient (Wildman–Crippen LogP) is 2.08. The van der Waals surface area contributed by atoms with Gasteiger partial charge < -0.3 is 13.9 Å². The number of carbonyl (C=O) groups excluding carboxylic acids is 1. The third-order valence-corrected chi connectivity index (χ3v) is 8.60. The highest BCUT2D eigenvalue weighted by Gasteiger charge is 2.34. The Morgan fingerprint density at radius 3 is 2.52 bits per heavy atom. The van der Waals surface area contributed by atoms with E-state index in [-0.39, 0.29) is 16.8 Å². The molecule has 4 rings (SSSR count). The summed E-state index contributed by atoms with van der Waals surface area (Å²) in [6.45, 7) is 4.21. The van der Waals surface area contributed by atoms with Crippen molar-refractivity contribution in [2.24, 2.45) is 7.05 Å². The maximum Gasteiger partial charge on any atom is 0.422 e. The van der Waals surface area contributed by atoms with Gasteiger partial charge in [0.2, 0.25) is 11.8 Å². The fourth-order valence-electron chi connectivity index (χ4n) is 3.56. The van der Waals surface area contributed by atoms with Crippen molar-refractivity contribution in [3.05, 3.63) is 41.3 Å². The highest BCUT2D eigenvalue weighted by atomic mass is 32.2. The number of aromatic nitrogens is 5. The van der Waals surface area contributed by atoms with Gasteiger partial charge in [-0.1, -0.05) is 0 Å². The second-order valence-corrected chi connectivity index (χ2v) is 14.3. The van der Waals surface area contributed by atoms with E-state index in [0.717, 1.165) is 28.7 Å². The molecule has 0 saturated heterocycles. The van der Waals surface area contributed by atoms with E-state index in [1.165, 1.54) is 7.11 Å². The third-order valence-electron chi connectivity index (χ3n) is 5.13. The summed E-state index contributed by atoms with van der Waals surface area (Å²) < 4.78 is 72.0. The summed E-state index contributed by atoms with van der Waals surface area (Å²) in [7, 11) is -4.90. The van der Waals surface area contributed by atoms with Crippen molar-refractivity contribution in [3.63, 3.8) is 0 Å². The average molecular weight is 614 g/mol. The molecule has 0 spiro atoms. The molecule has 1 unspecified atom stereocenters. The van der Waals surface area contributed by atoms with E-state index in [2.05, 4.69) is 25.0 Å². The zero-order valence-corrected chi connectivity index (χ0v) is 24.8. The SMILES string of the molecule is COc1cc2nc(C(c3nnc(CNS(=O)(=O)NC(=O)OC(C)(C)C)o3)S(C)(=O)=O)sc2cc1-c1cnn(C)c1. The Labute approximate surface area is 234 Å². The van der Waals surface area contributed by atoms with Gasteiger partial charge in [-0.3, -0.25) is 4.68 Å². The van der Waals surface area contributed by atoms with Crippen LogP contribution in [-0.2, 0) is 38.4 Å². The second kappa shape index (κ2) is 10.8. The minimum absolute atomic E-state index is 0.172. The largest absolute Gasteiger partial charge is 0.496 e. The lowest BCUT2D eigenvalue weighted by molar-refractivity contribution is 0.0569. The van der Waals surface area contributed by atoms with Crippen molar-refractivity contribution in [1.82, 2.24) is 34.4 Å². The lowest BCUT2D eigenvalue weighted by Crippen LogP contribution is -2.42. The van der Waals surface area contributed by atoms with E-state index in [9.17, 15) is 21.6 Å². The number of aryl methyl sites for hydroxylation is 1. The Kier molecular flexibility index (Phi) is 7.90. The van der Waals surface area contributed by atoms with Crippen molar-refractivity contribution < 1.29 is 35.5 Å². The first kappa shape index (κ1) is 29.4. The number of sulfone groups is 1. The normalized spacial score (nSPS) is 13.3. The number of carbonyl (C=O) groups is 1. The molecule has 3 aromatic heterocycles. The first-order valence-electron chi connectivity index (χ1n) is 11.5. The summed E-state index contributed by atoms with van der Waals surface area (Å²) in [5.74, 6) is -0.00392. The van der Waals surface area contributed by atoms with Gasteiger partial charge in [-0.15, -0.1) is 21.5 Å². The molecule has 0 aliphatic heterocycles. The number of nitrogens with zero attached hydrogens (tertiary/aromatic N) is 5. The summed E-state index contributed by atoms with van der Waals surface area (Å²) in [5, 5.41) is 10.5. The number of hydrogen-bond acceptors (Lipinski definition) is 13. The number of amides is 1. The fraction of sp³-hybridized carbons (Fsp3) is 0.409. The summed E-state index contributed by atoms with van der Waals surface area (Å²) in [4.78, 5) is 16.3. The van der Waals surface area contributed by atoms with Gasteiger partial charge in [0.15, 0.2) is 15.1 Å². The molecule has 4 aromatic rings. The molecule has 0 aliphatic carbocycles. The van der Waals surface area contributed by atoms with Crippen LogP contribution in [0.2, 0.25) is 0 Å². The van der Waals surface area contributed by atoms with Crippen molar-refractivity contribution in [1.29, 1.82) is 0 Å². The van der Waals surface area contributed by atoms with Crippen molar-refractivity contribution in [3.8, 4) is 16.9 Å². The molecule has 18 heteroatoms. The Balaban J connectivity index is 1.59. The average Bonchev–Trinajstić information content (AvgIpc) is 3.54. The van der Waals surface area contributed by atoms with Crippen LogP contribution in [0.4, 0.5) is 4.79 Å². The minimum Gasteiger partial charge on any atom is -0.496 e. The van der Waals surface area contributed by atoms with Gasteiger partial charge in [0.05, 0.1) is 30.1 Å². The summed E-state index contributed by atoms with van der Waals surface area (Å²) in [6.07, 6.45) is 3.33. The number of rotatable bonds is 9. The van der Waals surface area contributed by atoms with E-state index in [4.69, 9.17) is 13.9 Å². The first-order valence-corrected chi connectivity index (χ1v) is 15.8. The van der Waals surface area contributed by atoms with Gasteiger partial charge in [0.1, 0.15) is 16.4 Å². The van der Waals surface area contributed by atoms with Crippen LogP contribution in [0.25, 0.3) is 21.3 Å². The van der Waals surface area contributed by atoms with Crippen LogP contribution >= 0.6 is 11.3 Å². The molecular weight excluding hydrogens is 586 g/mol. The Bertz CT molecular complexity index is 1770. The quantitative estimate of drug-likeness (QED) is 0.279. The first-order chi connectivity index (χ1) is 18.5. The van der Waals surface area contributed by atoms with Gasteiger partial charge in [0, 0.05) is 36.7 Å². The van der Waals surface area contributed by atoms with Gasteiger partial charge >= 0.3 is 16.3 Å². The Morgan fingerprint density at radius 1 is 1.20 bits per heavy atom. The van der Waals surface area contributed by atoms with Crippen LogP contribution in [0.3, 0.4) is 0 Å². The number of thiazole rings is 1. The smallest absolute Gasteiger partial charge is 0.422 e. The third kappa shape index (κ3) is 6.93. The maximum atomic E-state index is 12.8. The lowest BCUT2D eigenvalue weighted by Gasteiger charge is -2.19. The molecule has 0 radical (unpaired) electrons. The van der Waals surface area contributed by atoms with E-state index in [1.807, 2.05) is 12.3 Å². The molecule has 40 heavy (non-hydrogen) atoms. The predicted molar refractivity (Wildman–Crippen MR) is 144 cm³/mol. The van der Waals surface area contributed by atoms with Gasteiger partial charge in [-0.25, -0.2) is 22.9 Å². The molecule has 0 aliphatic rings. The maximum absolute atomic E-state index is 12.8. The van der Waals surface area contributed by atoms with Crippen LogP contribution < -0.4 is 14.2 Å². The number of hydrogen-bond donors (Lipinski definition) is 2. The molecule has 2 N–H and O–H groups in total. The number of nitrogens with one attached hydrogen (secondary N) is 2. The van der Waals surface area contributed by atoms with Crippen LogP contribution in [0, 0.1) is 0 Å². The monoisotopic (exact) mass is 613 g/mol. The van der Waals surface area contributed by atoms with Crippen molar-refractivity contribution in [2.75, 3.05) is 13.4 Å². The van der Waals surface area contributed by atoms with Crippen LogP contribution in [-0.4, -0.2) is 66.9 Å². The molecule has 0 saturated carbocycles. The zero-order chi connectivity index (χ0) is 29.5. The Morgan fingerprint density at radius 2 is 1.93 bits per heavy atom. The van der Waals surface area contributed by atoms with Gasteiger partial charge in [0.25, 0.3) is 0 Å². The highest BCUT2D eigenvalue weighted by Crippen LogP contribution is 2.39. The second-order valence-electron chi connectivity index (χ2n) is 9.65. The van der Waals surface area contributed by atoms with E-state index in [1.54, 1.807) is 49.5 Å². The standard InChI is InChI=1S/C22H27N7O8S3/c1-22(2,3)37-21(30)28-40(33,34)24-10-17-26-27-19(36-17)18(39(6,31)32)20-25-14-8-15(35-5)13(7-16(14)38-20)12-9-23-29(4)11-12/h7-9,11,18,24H,10H2,1-6H3,(H,28,30). The number of methoxy groups -OCH3 is 1. The number of benzene rings is 1. The summed E-state index contributed by atoms with van der Waals surface area (Å²) >= 11 is 1.13. The topological polar surface area (TPSA) is 197 Å². The number of ether oxygens (including phenoxy) is 2. The lowest BCUT2D eigenvalue weighted by atomic mass is 10.1. The molecule has 3 heterocycles. The van der Waals surface area contributed by atoms with Gasteiger partial charge in [-0.2, -0.15) is 18.2 Å². The fourth-order valence-corrected chi connectivity index (χ4v) is 6.72. The molecular formula is C22H27N7O8S3. The molecule has 15 nitrogen and oxygen atoms in total. The molecule has 1 amide bonds. The summed E-state index contributed by atoms with van der Waals surface area (Å²) in [6, 6.07) is 3.53. The van der Waals surface area contributed by atoms with Gasteiger partial charge in [-0.05, 0) is 26.8 Å². The molecule has 1 aromatic carbocycles. The highest BCUT2D eigenvalue weighted by molar-refractivity contribution is 7.91. The molecule has 216 valence electrons. The zero-order valence-electron chi connectivity index (χ0n) is 22.3. The Hall–Kier alpha value is -3.61. The van der Waals surface area contributed by atoms with Crippen molar-refractivity contribution >= 4 is 47.7 Å². The molecule has 1 atom stereocenters. The van der Waals surface area contributed by atoms with Crippen LogP contribution in [0.15, 0.2) is 28.9 Å². The molecule has 0 fully saturated rings. The van der Waals surface area contributed by atoms with E-state index in [0.29, 0.717) is 16.0 Å². The van der Waals surface area contributed by atoms with E-state index >= 15 is 0 Å². The summed E-state index contributed by atoms with van der Waals surface area (Å²) in [5.41, 5.74) is 1.15. The number of fused-ring (bicyclic) bond motifs is 1. The minimum atomic E-state index is -4.34. The van der Waals surface area contributed by atoms with Crippen LogP contribution in [0.5, 0.6) is 5.75 Å².